The summed E-state index contributed by atoms with van der Waals surface area (Å²) in [6.07, 6.45) is 1.97. The number of nitrogens with two attached hydrogens (primary N) is 3. The number of thiocarbonyl (C=S) groups is 1. The number of rotatable bonds is 8. The van der Waals surface area contributed by atoms with E-state index in [1.807, 2.05) is 18.2 Å². The summed E-state index contributed by atoms with van der Waals surface area (Å²) in [7, 11) is 4.26. The summed E-state index contributed by atoms with van der Waals surface area (Å²) in [4.78, 5) is 162. The number of hydrogen-bond donors (Lipinski definition) is 7. The van der Waals surface area contributed by atoms with Crippen LogP contribution in [0, 0.1) is 38.8 Å². The molecule has 0 aromatic heterocycles. The number of halogens is 5. The number of aliphatic imine (C=N–C) groups is 1. The van der Waals surface area contributed by atoms with E-state index >= 15 is 0 Å². The van der Waals surface area contributed by atoms with Crippen molar-refractivity contribution in [1.82, 2.24) is 31.9 Å². The van der Waals surface area contributed by atoms with Gasteiger partial charge in [-0.05, 0) is 43.5 Å². The molecule has 1 atom stereocenters. The normalized spacial score (nSPS) is 12.0. The van der Waals surface area contributed by atoms with Gasteiger partial charge in [0.2, 0.25) is 29.2 Å². The smallest absolute Gasteiger partial charge is 0.747 e. The van der Waals surface area contributed by atoms with Crippen LogP contribution in [-0.4, -0.2) is 174 Å². The number of isothiocyanates is 1. The first-order valence-electron chi connectivity index (χ1n) is 25.3. The van der Waals surface area contributed by atoms with Crippen LogP contribution < -0.4 is 78.1 Å². The number of carbonyl (C=O) groups is 13. The fraction of sp³-hybridized carbons (Fsp3) is 0.340. The van der Waals surface area contributed by atoms with E-state index in [1.165, 1.54) is 78.5 Å². The number of methoxy groups -OCH3 is 1. The number of nitrogens with zero attached hydrogens (tertiary/aromatic N) is 5. The van der Waals surface area contributed by atoms with Gasteiger partial charge in [-0.25, -0.2) is 37.7 Å². The number of imide groups is 3. The van der Waals surface area contributed by atoms with E-state index in [0.717, 1.165) is 25.7 Å². The van der Waals surface area contributed by atoms with Crippen LogP contribution in [0.5, 0.6) is 17.2 Å². The maximum atomic E-state index is 12.7. The van der Waals surface area contributed by atoms with Crippen molar-refractivity contribution in [3.05, 3.63) is 106 Å². The molecule has 3 heterocycles. The molecule has 542 valence electrons. The quantitative estimate of drug-likeness (QED) is 0.0116. The molecule has 2 saturated heterocycles. The van der Waals surface area contributed by atoms with Gasteiger partial charge in [0, 0.05) is 113 Å². The number of hydrogen-bond acceptors (Lipinski definition) is 32. The van der Waals surface area contributed by atoms with Crippen molar-refractivity contribution in [2.75, 3.05) is 47.7 Å². The van der Waals surface area contributed by atoms with Crippen molar-refractivity contribution in [3.63, 3.8) is 0 Å². The minimum absolute atomic E-state index is 0. The zero-order chi connectivity index (χ0) is 76.2. The van der Waals surface area contributed by atoms with Gasteiger partial charge in [0.15, 0.2) is 17.5 Å². The zero-order valence-corrected chi connectivity index (χ0v) is 60.1. The first-order valence-corrected chi connectivity index (χ1v) is 28.3. The molecule has 0 bridgehead atoms. The van der Waals surface area contributed by atoms with Gasteiger partial charge in [0.05, 0.1) is 36.1 Å². The third kappa shape index (κ3) is 54.9. The van der Waals surface area contributed by atoms with Crippen molar-refractivity contribution in [2.45, 2.75) is 73.0 Å². The molecule has 0 aliphatic carbocycles. The van der Waals surface area contributed by atoms with E-state index in [4.69, 9.17) is 10.1 Å². The van der Waals surface area contributed by atoms with Crippen LogP contribution in [0.15, 0.2) is 77.8 Å². The number of likely N-dealkylation sites (N-methyl/N-ethyl adjacent to an activating group) is 1. The van der Waals surface area contributed by atoms with Gasteiger partial charge in [0.25, 0.3) is 41.1 Å². The van der Waals surface area contributed by atoms with Crippen molar-refractivity contribution >= 4 is 132 Å². The summed E-state index contributed by atoms with van der Waals surface area (Å²) in [5, 5.41) is 20.2. The Morgan fingerprint density at radius 2 is 1.09 bits per heavy atom. The van der Waals surface area contributed by atoms with E-state index in [0.29, 0.717) is 21.9 Å². The molecular weight excluding hydrogens is 1450 g/mol. The maximum Gasteiger partial charge on any atom is 1.00 e. The van der Waals surface area contributed by atoms with Gasteiger partial charge in [-0.15, -0.1) is 10.1 Å². The van der Waals surface area contributed by atoms with E-state index in [2.05, 4.69) is 95.2 Å². The number of nitro groups is 1. The molecule has 8 amide bonds. The molecule has 6 rings (SSSR count). The molecule has 12 N–H and O–H groups in total. The number of ether oxygens (including phenoxy) is 4. The van der Waals surface area contributed by atoms with Crippen LogP contribution >= 0.6 is 28.1 Å². The Kier molecular flexibility index (Phi) is 64.3. The third-order valence-electron chi connectivity index (χ3n) is 8.31. The number of alkyl halides is 1. The van der Waals surface area contributed by atoms with Gasteiger partial charge in [-0.1, -0.05) is 34.1 Å². The van der Waals surface area contributed by atoms with Crippen LogP contribution in [0.25, 0.3) is 0 Å². The predicted molar refractivity (Wildman–Crippen MR) is 335 cm³/mol. The largest absolute Gasteiger partial charge is 1.00 e. The summed E-state index contributed by atoms with van der Waals surface area (Å²) >= 11 is 7.10. The fourth-order valence-electron chi connectivity index (χ4n) is 4.60. The van der Waals surface area contributed by atoms with Crippen LogP contribution in [-0.2, 0) is 91.7 Å². The molecule has 98 heavy (non-hydrogen) atoms. The number of benzene rings is 3. The molecule has 3 aromatic carbocycles. The van der Waals surface area contributed by atoms with Gasteiger partial charge in [-0.2, -0.15) is 8.78 Å². The molecule has 1 unspecified atom stereocenters. The summed E-state index contributed by atoms with van der Waals surface area (Å²) in [5.74, 6) is -5.49. The van der Waals surface area contributed by atoms with Crippen molar-refractivity contribution in [2.24, 2.45) is 22.5 Å². The summed E-state index contributed by atoms with van der Waals surface area (Å²) in [5.41, 5.74) is 6.69. The van der Waals surface area contributed by atoms with Gasteiger partial charge in [-0.3, -0.25) is 84.4 Å². The fourth-order valence-corrected chi connectivity index (χ4v) is 5.57. The standard InChI is InChI=1S/C8H4F4O2.C8H7NO4.C8H8O2.C6H7NO7S.C6H7NO4.C5H5NO2.C3H6BrNO.C3H7NO.C2H5NO.C2H3NS.CH6N2.CH5NO.H3N.Na/c1-3(13)14-8-6(11)4(9)2-5(10)7(8)12;1-6(10)13-8-4-2-7(3-5-8)9(11)12;1-7(9)10-8-5-3-2-4-6-8;1-3(8)14-7-5(9)2-4(6(7)10)15(11,12)13;1-4(8)11-7-5(9)2-3-6(7)10;1-6-4(7)2-3-5(6)8;1-5-3(6)2-4;1-3(4)5-2;1-2(3)4;1-3-2-4;2*1-3-2;;/h2H,1H3;2-5H,1H3;2-6H,1H3;4H,2H2,1H3,(H,11,12,13);2-3H2,1H3;2-3H,1H3;2H2,1H3,(H,5,6);4H,1-2H3;1H3,(H2,3,4);1H3;3H,2H2,1H3;2H2,1H3;1H3;/q;;;;;;;;;;;;;+1/p-1. The number of non-ortho nitro benzene ring substituents is 1. The Bertz CT molecular complexity index is 3240. The molecule has 0 spiro atoms. The van der Waals surface area contributed by atoms with Crippen molar-refractivity contribution in [1.29, 1.82) is 5.41 Å². The molecule has 37 nitrogen and oxygen atoms in total. The number of nitrogens with one attached hydrogen (secondary N) is 3. The zero-order valence-electron chi connectivity index (χ0n) is 54.9. The first kappa shape index (κ1) is 105. The first-order chi connectivity index (χ1) is 44.4. The molecule has 45 heteroatoms. The number of hydrazine groups is 1. The number of hydroxylamine groups is 4. The summed E-state index contributed by atoms with van der Waals surface area (Å²) < 4.78 is 99.8. The molecule has 3 aliphatic heterocycles. The molecule has 2 fully saturated rings. The monoisotopic (exact) mass is 1520 g/mol. The van der Waals surface area contributed by atoms with E-state index in [9.17, 15) is 103 Å². The number of carbonyl (C=O) groups excluding carboxylic acids is 13. The Balaban J connectivity index is -0.000000155. The Morgan fingerprint density at radius 3 is 1.34 bits per heavy atom. The Morgan fingerprint density at radius 1 is 0.745 bits per heavy atom. The van der Waals surface area contributed by atoms with Crippen LogP contribution in [0.1, 0.15) is 67.7 Å². The molecule has 3 aromatic rings. The molecule has 0 radical (unpaired) electrons. The second-order valence-corrected chi connectivity index (χ2v) is 18.5. The number of esters is 3. The minimum atomic E-state index is -4.91. The second-order valence-electron chi connectivity index (χ2n) is 16.2. The van der Waals surface area contributed by atoms with Gasteiger partial charge in [0.1, 0.15) is 26.9 Å². The third-order valence-corrected chi connectivity index (χ3v) is 10.1. The number of amides is 8. The molecule has 3 aliphatic rings. The van der Waals surface area contributed by atoms with Crippen LogP contribution in [0.2, 0.25) is 0 Å². The van der Waals surface area contributed by atoms with Gasteiger partial charge >= 0.3 is 59.4 Å². The number of para-hydroxylation sites is 1. The number of primary amides is 1. The average molecular weight is 1520 g/mol. The minimum Gasteiger partial charge on any atom is -0.747 e. The summed E-state index contributed by atoms with van der Waals surface area (Å²) in [6.45, 7) is 8.45. The maximum absolute atomic E-state index is 12.7. The topological polar surface area (TPSA) is 570 Å². The average Bonchev–Trinajstić information content (AvgIpc) is 1.58. The van der Waals surface area contributed by atoms with Crippen LogP contribution in [0.4, 0.5) is 23.2 Å². The van der Waals surface area contributed by atoms with E-state index < -0.39 is 103 Å². The van der Waals surface area contributed by atoms with Crippen molar-refractivity contribution in [3.8, 4) is 17.2 Å². The number of nitro benzene ring substituents is 1. The van der Waals surface area contributed by atoms with E-state index in [-0.39, 0.29) is 101 Å². The van der Waals surface area contributed by atoms with Crippen molar-refractivity contribution < 1.29 is 161 Å². The Labute approximate surface area is 593 Å². The van der Waals surface area contributed by atoms with E-state index in [1.54, 1.807) is 40.2 Å². The molecular formula is C53H72BrF4N12NaO25S2. The SMILES string of the molecule is CC(=O)ON1C(=O)CC(S(=O)(=O)[O-])C1=O.CC(=O)ON1C(=O)CCC1=O.CC(=O)Oc1c(F)c(F)cc(F)c1F.CC(=O)Oc1ccc([N+](=O)[O-])cc1.CC(=O)Oc1ccccc1.CC(N)=O.CN1C(=O)C=CC1=O.CN=C=S.CNC(=O)CBr.CNN.COC(C)=N.CON.N.[Na+]. The van der Waals surface area contributed by atoms with Gasteiger partial charge < -0.3 is 55.2 Å². The van der Waals surface area contributed by atoms with Crippen LogP contribution in [0.3, 0.4) is 0 Å². The predicted octanol–water partition coefficient (Wildman–Crippen LogP) is -0.688. The Hall–Kier alpha value is -9.31. The second kappa shape index (κ2) is 60.1. The molecule has 0 saturated carbocycles. The summed E-state index contributed by atoms with van der Waals surface area (Å²) in [6, 6.07) is 14.3.